The molecule has 0 bridgehead atoms. The third-order valence-electron chi connectivity index (χ3n) is 7.23. The first-order valence-corrected chi connectivity index (χ1v) is 15.1. The van der Waals surface area contributed by atoms with Gasteiger partial charge in [0.1, 0.15) is 30.8 Å². The average Bonchev–Trinajstić information content (AvgIpc) is 3.47. The monoisotopic (exact) mass is 596 g/mol. The first-order chi connectivity index (χ1) is 20.5. The Kier molecular flexibility index (Phi) is 14.7. The molecule has 1 aliphatic rings. The van der Waals surface area contributed by atoms with Crippen molar-refractivity contribution in [3.8, 4) is 0 Å². The maximum absolute atomic E-state index is 13.7. The van der Waals surface area contributed by atoms with Crippen LogP contribution in [0.25, 0.3) is 0 Å². The van der Waals surface area contributed by atoms with Crippen LogP contribution in [0.4, 0.5) is 0 Å². The number of allylic oxidation sites excluding steroid dienone is 1. The van der Waals surface area contributed by atoms with E-state index >= 15 is 0 Å². The number of amides is 4. The van der Waals surface area contributed by atoms with Gasteiger partial charge in [-0.3, -0.25) is 19.2 Å². The van der Waals surface area contributed by atoms with Crippen molar-refractivity contribution in [1.29, 1.82) is 0 Å². The zero-order valence-corrected chi connectivity index (χ0v) is 26.0. The van der Waals surface area contributed by atoms with E-state index in [1.54, 1.807) is 6.08 Å². The Labute approximate surface area is 255 Å². The maximum atomic E-state index is 13.7. The molecule has 3 N–H and O–H groups in total. The molecule has 1 aromatic rings. The van der Waals surface area contributed by atoms with Gasteiger partial charge in [-0.2, -0.15) is 0 Å². The van der Waals surface area contributed by atoms with Crippen LogP contribution in [0.15, 0.2) is 55.6 Å². The highest BCUT2D eigenvalue weighted by molar-refractivity contribution is 5.95. The highest BCUT2D eigenvalue weighted by atomic mass is 16.5. The number of nitrogens with zero attached hydrogens (tertiary/aromatic N) is 1. The van der Waals surface area contributed by atoms with Gasteiger partial charge in [0.05, 0.1) is 0 Å². The lowest BCUT2D eigenvalue weighted by Gasteiger charge is -2.31. The van der Waals surface area contributed by atoms with Gasteiger partial charge >= 0.3 is 5.97 Å². The summed E-state index contributed by atoms with van der Waals surface area (Å²) in [5, 5.41) is 8.46. The lowest BCUT2D eigenvalue weighted by atomic mass is 10.0. The zero-order valence-electron chi connectivity index (χ0n) is 26.0. The molecule has 0 spiro atoms. The molecule has 236 valence electrons. The van der Waals surface area contributed by atoms with Crippen molar-refractivity contribution in [2.45, 2.75) is 90.4 Å². The van der Waals surface area contributed by atoms with Crippen LogP contribution in [0.3, 0.4) is 0 Å². The van der Waals surface area contributed by atoms with Gasteiger partial charge in [0.25, 0.3) is 0 Å². The molecular weight excluding hydrogens is 548 g/mol. The number of nitrogens with one attached hydrogen (secondary N) is 3. The summed E-state index contributed by atoms with van der Waals surface area (Å²) in [6.07, 6.45) is 5.39. The van der Waals surface area contributed by atoms with Crippen molar-refractivity contribution in [3.05, 3.63) is 61.2 Å². The van der Waals surface area contributed by atoms with E-state index in [4.69, 9.17) is 4.74 Å². The number of ether oxygens (including phenoxy) is 1. The van der Waals surface area contributed by atoms with E-state index in [1.165, 1.54) is 11.0 Å². The molecule has 2 rings (SSSR count). The molecular formula is C33H48N4O6. The third kappa shape index (κ3) is 11.3. The van der Waals surface area contributed by atoms with E-state index in [0.717, 1.165) is 5.56 Å². The highest BCUT2D eigenvalue weighted by Crippen LogP contribution is 2.21. The largest absolute Gasteiger partial charge is 0.460 e. The Morgan fingerprint density at radius 3 is 2.28 bits per heavy atom. The number of hydrogen-bond acceptors (Lipinski definition) is 6. The standard InChI is InChI=1S/C33H48N4O6/c1-7-9-17-28(38)36-29(23(5)6)32(41)37-18-13-16-27(37)31(40)34-25(21-24-14-11-10-12-15-24)30(39)35-26(20-22(3)4)33(42)43-19-8-2/h7-8,10-12,14-15,22-23,25-27,29H,1-2,9,13,16-21H2,3-6H3,(H,34,40)(H,35,39)(H,36,38)/t25-,26-,27+,29+/m1/s1. The Balaban J connectivity index is 2.25. The van der Waals surface area contributed by atoms with Gasteiger partial charge in [0.2, 0.25) is 23.6 Å². The van der Waals surface area contributed by atoms with E-state index in [2.05, 4.69) is 29.1 Å². The molecule has 4 atom stereocenters. The summed E-state index contributed by atoms with van der Waals surface area (Å²) in [4.78, 5) is 67.5. The molecule has 0 aromatic heterocycles. The maximum Gasteiger partial charge on any atom is 0.328 e. The molecule has 1 heterocycles. The Bertz CT molecular complexity index is 1120. The van der Waals surface area contributed by atoms with Crippen molar-refractivity contribution < 1.29 is 28.7 Å². The third-order valence-corrected chi connectivity index (χ3v) is 7.23. The lowest BCUT2D eigenvalue weighted by Crippen LogP contribution is -2.58. The fraction of sp³-hybridized carbons (Fsp3) is 0.545. The summed E-state index contributed by atoms with van der Waals surface area (Å²) in [7, 11) is 0. The fourth-order valence-electron chi connectivity index (χ4n) is 5.00. The van der Waals surface area contributed by atoms with Gasteiger partial charge in [-0.25, -0.2) is 4.79 Å². The highest BCUT2D eigenvalue weighted by Gasteiger charge is 2.40. The molecule has 4 amide bonds. The van der Waals surface area contributed by atoms with E-state index < -0.39 is 42.0 Å². The smallest absolute Gasteiger partial charge is 0.328 e. The first-order valence-electron chi connectivity index (χ1n) is 15.1. The number of esters is 1. The van der Waals surface area contributed by atoms with Gasteiger partial charge in [-0.1, -0.05) is 76.8 Å². The van der Waals surface area contributed by atoms with E-state index in [1.807, 2.05) is 58.0 Å². The Morgan fingerprint density at radius 2 is 1.67 bits per heavy atom. The van der Waals surface area contributed by atoms with Crippen molar-refractivity contribution in [2.75, 3.05) is 13.2 Å². The first kappa shape index (κ1) is 35.2. The molecule has 0 unspecified atom stereocenters. The number of rotatable bonds is 17. The summed E-state index contributed by atoms with van der Waals surface area (Å²) in [5.41, 5.74) is 0.819. The predicted octanol–water partition coefficient (Wildman–Crippen LogP) is 3.07. The number of carbonyl (C=O) groups is 5. The second kappa shape index (κ2) is 17.9. The number of hydrogen-bond donors (Lipinski definition) is 3. The van der Waals surface area contributed by atoms with Gasteiger partial charge in [0.15, 0.2) is 0 Å². The zero-order chi connectivity index (χ0) is 31.9. The fourth-order valence-corrected chi connectivity index (χ4v) is 5.00. The van der Waals surface area contributed by atoms with Crippen molar-refractivity contribution in [3.63, 3.8) is 0 Å². The SMILES string of the molecule is C=CCCC(=O)N[C@H](C(=O)N1CCC[C@H]1C(=O)N[C@H](Cc1ccccc1)C(=O)N[C@H](CC(C)C)C(=O)OCC=C)C(C)C. The van der Waals surface area contributed by atoms with E-state index in [0.29, 0.717) is 32.2 Å². The summed E-state index contributed by atoms with van der Waals surface area (Å²) < 4.78 is 5.21. The van der Waals surface area contributed by atoms with Crippen LogP contribution in [-0.4, -0.2) is 71.8 Å². The number of carbonyl (C=O) groups excluding carboxylic acids is 5. The van der Waals surface area contributed by atoms with Crippen LogP contribution in [-0.2, 0) is 35.1 Å². The lowest BCUT2D eigenvalue weighted by molar-refractivity contribution is -0.147. The minimum Gasteiger partial charge on any atom is -0.460 e. The molecule has 0 radical (unpaired) electrons. The predicted molar refractivity (Wildman–Crippen MR) is 166 cm³/mol. The molecule has 1 fully saturated rings. The van der Waals surface area contributed by atoms with Crippen molar-refractivity contribution >= 4 is 29.6 Å². The summed E-state index contributed by atoms with van der Waals surface area (Å²) in [5.74, 6) is -2.25. The minimum atomic E-state index is -1.01. The molecule has 0 saturated carbocycles. The second-order valence-electron chi connectivity index (χ2n) is 11.7. The molecule has 43 heavy (non-hydrogen) atoms. The Hall–Kier alpha value is -3.95. The minimum absolute atomic E-state index is 0.0190. The van der Waals surface area contributed by atoms with Gasteiger partial charge < -0.3 is 25.6 Å². The van der Waals surface area contributed by atoms with Crippen molar-refractivity contribution in [2.24, 2.45) is 11.8 Å². The Morgan fingerprint density at radius 1 is 0.977 bits per heavy atom. The quantitative estimate of drug-likeness (QED) is 0.187. The van der Waals surface area contributed by atoms with Crippen LogP contribution < -0.4 is 16.0 Å². The van der Waals surface area contributed by atoms with E-state index in [9.17, 15) is 24.0 Å². The molecule has 1 aromatic carbocycles. The van der Waals surface area contributed by atoms with Gasteiger partial charge in [0, 0.05) is 19.4 Å². The normalized spacial score (nSPS) is 16.6. The van der Waals surface area contributed by atoms with Crippen LogP contribution in [0, 0.1) is 11.8 Å². The number of likely N-dealkylation sites (tertiary alicyclic amines) is 1. The number of benzene rings is 1. The second-order valence-corrected chi connectivity index (χ2v) is 11.7. The van der Waals surface area contributed by atoms with Gasteiger partial charge in [-0.15, -0.1) is 6.58 Å². The average molecular weight is 597 g/mol. The van der Waals surface area contributed by atoms with Gasteiger partial charge in [-0.05, 0) is 43.1 Å². The summed E-state index contributed by atoms with van der Waals surface area (Å²) in [6, 6.07) is 5.75. The molecule has 0 aliphatic carbocycles. The molecule has 10 nitrogen and oxygen atoms in total. The van der Waals surface area contributed by atoms with E-state index in [-0.39, 0.29) is 43.1 Å². The van der Waals surface area contributed by atoms with Crippen molar-refractivity contribution in [1.82, 2.24) is 20.9 Å². The van der Waals surface area contributed by atoms with Crippen LogP contribution in [0.2, 0.25) is 0 Å². The topological polar surface area (TPSA) is 134 Å². The molecule has 1 saturated heterocycles. The molecule has 10 heteroatoms. The summed E-state index contributed by atoms with van der Waals surface area (Å²) >= 11 is 0. The van der Waals surface area contributed by atoms with Crippen LogP contribution >= 0.6 is 0 Å². The van der Waals surface area contributed by atoms with Crippen LogP contribution in [0.1, 0.15) is 65.4 Å². The summed E-state index contributed by atoms with van der Waals surface area (Å²) in [6.45, 7) is 15.1. The van der Waals surface area contributed by atoms with Crippen LogP contribution in [0.5, 0.6) is 0 Å². The molecule has 1 aliphatic heterocycles.